The van der Waals surface area contributed by atoms with Gasteiger partial charge in [-0.05, 0) is 60.9 Å². The fraction of sp³-hybridized carbons (Fsp3) is 0.235. The first kappa shape index (κ1) is 33.1. The minimum Gasteiger partial charge on any atom is -0.354 e. The number of hydrogen-bond donors (Lipinski definition) is 1. The second kappa shape index (κ2) is 15.2. The van der Waals surface area contributed by atoms with E-state index in [1.807, 2.05) is 44.2 Å². The molecule has 0 aliphatic heterocycles. The topological polar surface area (TPSA) is 86.8 Å². The van der Waals surface area contributed by atoms with Crippen LogP contribution in [0.2, 0.25) is 10.0 Å². The summed E-state index contributed by atoms with van der Waals surface area (Å²) in [6, 6.07) is 28.4. The number of nitrogens with zero attached hydrogens (tertiary/aromatic N) is 2. The fourth-order valence-electron chi connectivity index (χ4n) is 4.72. The highest BCUT2D eigenvalue weighted by molar-refractivity contribution is 7.92. The van der Waals surface area contributed by atoms with Crippen LogP contribution in [0.4, 0.5) is 5.69 Å². The number of para-hydroxylation sites is 1. The van der Waals surface area contributed by atoms with Gasteiger partial charge in [-0.25, -0.2) is 8.42 Å². The van der Waals surface area contributed by atoms with Gasteiger partial charge in [-0.2, -0.15) is 0 Å². The lowest BCUT2D eigenvalue weighted by atomic mass is 10.0. The first-order valence-electron chi connectivity index (χ1n) is 14.3. The van der Waals surface area contributed by atoms with Gasteiger partial charge in [-0.15, -0.1) is 0 Å². The van der Waals surface area contributed by atoms with Gasteiger partial charge in [0, 0.05) is 19.5 Å². The Bertz CT molecular complexity index is 1670. The number of rotatable bonds is 13. The van der Waals surface area contributed by atoms with Crippen LogP contribution in [0.3, 0.4) is 0 Å². The molecule has 0 saturated carbocycles. The van der Waals surface area contributed by atoms with Crippen molar-refractivity contribution in [1.82, 2.24) is 10.2 Å². The molecule has 0 bridgehead atoms. The molecule has 10 heteroatoms. The van der Waals surface area contributed by atoms with Crippen molar-refractivity contribution in [2.75, 3.05) is 17.4 Å². The number of hydrogen-bond acceptors (Lipinski definition) is 4. The van der Waals surface area contributed by atoms with Crippen LogP contribution in [-0.2, 0) is 32.6 Å². The first-order valence-corrected chi connectivity index (χ1v) is 16.5. The second-order valence-electron chi connectivity index (χ2n) is 10.4. The summed E-state index contributed by atoms with van der Waals surface area (Å²) in [4.78, 5) is 29.6. The molecule has 4 rings (SSSR count). The molecule has 0 fully saturated rings. The van der Waals surface area contributed by atoms with Gasteiger partial charge in [0.2, 0.25) is 11.8 Å². The van der Waals surface area contributed by atoms with Gasteiger partial charge in [0.1, 0.15) is 12.6 Å². The van der Waals surface area contributed by atoms with Crippen molar-refractivity contribution in [3.63, 3.8) is 0 Å². The summed E-state index contributed by atoms with van der Waals surface area (Å²) in [6.07, 6.45) is 0.931. The molecule has 7 nitrogen and oxygen atoms in total. The molecule has 0 saturated heterocycles. The lowest BCUT2D eigenvalue weighted by Crippen LogP contribution is -2.53. The second-order valence-corrected chi connectivity index (χ2v) is 13.1. The van der Waals surface area contributed by atoms with Gasteiger partial charge >= 0.3 is 0 Å². The van der Waals surface area contributed by atoms with Crippen molar-refractivity contribution in [2.45, 2.75) is 44.2 Å². The largest absolute Gasteiger partial charge is 0.354 e. The molecule has 0 spiro atoms. The van der Waals surface area contributed by atoms with Crippen LogP contribution in [0, 0.1) is 6.92 Å². The predicted molar refractivity (Wildman–Crippen MR) is 176 cm³/mol. The van der Waals surface area contributed by atoms with E-state index in [1.54, 1.807) is 60.7 Å². The molecule has 1 atom stereocenters. The van der Waals surface area contributed by atoms with E-state index in [1.165, 1.54) is 17.0 Å². The smallest absolute Gasteiger partial charge is 0.264 e. The van der Waals surface area contributed by atoms with Crippen molar-refractivity contribution in [2.24, 2.45) is 0 Å². The van der Waals surface area contributed by atoms with E-state index >= 15 is 0 Å². The number of nitrogens with one attached hydrogen (secondary N) is 1. The first-order chi connectivity index (χ1) is 21.1. The van der Waals surface area contributed by atoms with Gasteiger partial charge in [-0.1, -0.05) is 102 Å². The van der Waals surface area contributed by atoms with E-state index in [0.717, 1.165) is 15.4 Å². The highest BCUT2D eigenvalue weighted by Gasteiger charge is 2.34. The minimum absolute atomic E-state index is 0.0000234. The van der Waals surface area contributed by atoms with Crippen molar-refractivity contribution in [3.8, 4) is 0 Å². The molecular weight excluding hydrogens is 617 g/mol. The predicted octanol–water partition coefficient (Wildman–Crippen LogP) is 6.66. The molecule has 2 amide bonds. The Morgan fingerprint density at radius 2 is 1.45 bits per heavy atom. The quantitative estimate of drug-likeness (QED) is 0.175. The van der Waals surface area contributed by atoms with Crippen LogP contribution < -0.4 is 9.62 Å². The van der Waals surface area contributed by atoms with Gasteiger partial charge in [0.15, 0.2) is 0 Å². The number of amides is 2. The Kier molecular flexibility index (Phi) is 11.4. The van der Waals surface area contributed by atoms with Gasteiger partial charge in [0.05, 0.1) is 20.6 Å². The summed E-state index contributed by atoms with van der Waals surface area (Å²) >= 11 is 12.5. The maximum Gasteiger partial charge on any atom is 0.264 e. The average Bonchev–Trinajstić information content (AvgIpc) is 3.03. The molecule has 0 aromatic heterocycles. The Labute approximate surface area is 269 Å². The Morgan fingerprint density at radius 1 is 0.818 bits per heavy atom. The van der Waals surface area contributed by atoms with Gasteiger partial charge < -0.3 is 10.2 Å². The SMILES string of the molecule is CCCNC(=O)C(Cc1ccccc1)N(Cc1ccc(Cl)c(Cl)c1)C(=O)CN(c1ccccc1)S(=O)(=O)c1ccc(C)cc1. The van der Waals surface area contributed by atoms with Crippen LogP contribution in [0.25, 0.3) is 0 Å². The minimum atomic E-state index is -4.16. The van der Waals surface area contributed by atoms with E-state index in [2.05, 4.69) is 5.32 Å². The maximum absolute atomic E-state index is 14.4. The third-order valence-corrected chi connectivity index (χ3v) is 9.62. The lowest BCUT2D eigenvalue weighted by molar-refractivity contribution is -0.140. The average molecular weight is 653 g/mol. The number of carbonyl (C=O) groups excluding carboxylic acids is 2. The molecule has 0 heterocycles. The van der Waals surface area contributed by atoms with Crippen LogP contribution in [0.1, 0.15) is 30.0 Å². The van der Waals surface area contributed by atoms with Crippen LogP contribution >= 0.6 is 23.2 Å². The van der Waals surface area contributed by atoms with Crippen molar-refractivity contribution >= 4 is 50.7 Å². The maximum atomic E-state index is 14.4. The Morgan fingerprint density at radius 3 is 2.07 bits per heavy atom. The standard InChI is InChI=1S/C34H35Cl2N3O4S/c1-3-20-37-34(41)32(22-26-10-6-4-7-11-26)38(23-27-16-19-30(35)31(36)21-27)33(40)24-39(28-12-8-5-9-13-28)44(42,43)29-17-14-25(2)15-18-29/h4-19,21,32H,3,20,22-24H2,1-2H3,(H,37,41). The lowest BCUT2D eigenvalue weighted by Gasteiger charge is -2.34. The molecule has 0 aliphatic rings. The number of halogens is 2. The van der Waals surface area contributed by atoms with Crippen LogP contribution in [0.15, 0.2) is 108 Å². The van der Waals surface area contributed by atoms with Gasteiger partial charge in [-0.3, -0.25) is 13.9 Å². The normalized spacial score (nSPS) is 11.9. The zero-order valence-electron chi connectivity index (χ0n) is 24.6. The molecule has 4 aromatic rings. The van der Waals surface area contributed by atoms with Crippen molar-refractivity contribution in [1.29, 1.82) is 0 Å². The zero-order valence-corrected chi connectivity index (χ0v) is 26.9. The van der Waals surface area contributed by atoms with E-state index in [4.69, 9.17) is 23.2 Å². The van der Waals surface area contributed by atoms with Crippen LogP contribution in [-0.4, -0.2) is 44.3 Å². The number of aryl methyl sites for hydroxylation is 1. The summed E-state index contributed by atoms with van der Waals surface area (Å²) in [5, 5.41) is 3.59. The zero-order chi connectivity index (χ0) is 31.7. The van der Waals surface area contributed by atoms with Crippen LogP contribution in [0.5, 0.6) is 0 Å². The highest BCUT2D eigenvalue weighted by atomic mass is 35.5. The summed E-state index contributed by atoms with van der Waals surface area (Å²) < 4.78 is 29.1. The number of carbonyl (C=O) groups is 2. The molecule has 44 heavy (non-hydrogen) atoms. The summed E-state index contributed by atoms with van der Waals surface area (Å²) in [5.74, 6) is -0.889. The molecular formula is C34H35Cl2N3O4S. The molecule has 230 valence electrons. The molecule has 4 aromatic carbocycles. The summed E-state index contributed by atoms with van der Waals surface area (Å²) in [7, 11) is -4.16. The molecule has 1 N–H and O–H groups in total. The summed E-state index contributed by atoms with van der Waals surface area (Å²) in [6.45, 7) is 3.70. The molecule has 1 unspecified atom stereocenters. The summed E-state index contributed by atoms with van der Waals surface area (Å²) in [5.41, 5.74) is 2.72. The van der Waals surface area contributed by atoms with E-state index in [9.17, 15) is 18.0 Å². The number of benzene rings is 4. The monoisotopic (exact) mass is 651 g/mol. The molecule has 0 aliphatic carbocycles. The van der Waals surface area contributed by atoms with Crippen molar-refractivity contribution < 1.29 is 18.0 Å². The third-order valence-electron chi connectivity index (χ3n) is 7.09. The van der Waals surface area contributed by atoms with Gasteiger partial charge in [0.25, 0.3) is 10.0 Å². The fourth-order valence-corrected chi connectivity index (χ4v) is 6.45. The number of sulfonamides is 1. The molecule has 0 radical (unpaired) electrons. The Hall–Kier alpha value is -3.85. The van der Waals surface area contributed by atoms with E-state index in [-0.39, 0.29) is 23.8 Å². The third kappa shape index (κ3) is 8.40. The van der Waals surface area contributed by atoms with Crippen molar-refractivity contribution in [3.05, 3.63) is 130 Å². The highest BCUT2D eigenvalue weighted by Crippen LogP contribution is 2.27. The Balaban J connectivity index is 1.79. The number of anilines is 1. The van der Waals surface area contributed by atoms with E-state index < -0.39 is 28.5 Å². The van der Waals surface area contributed by atoms with E-state index in [0.29, 0.717) is 34.3 Å².